The molecular weight excluding hydrogens is 341 g/mol. The number of aromatic nitrogens is 2. The molecule has 1 atom stereocenters. The number of H-pyrrole nitrogens is 1. The summed E-state index contributed by atoms with van der Waals surface area (Å²) in [7, 11) is 0. The molecule has 1 aromatic heterocycles. The summed E-state index contributed by atoms with van der Waals surface area (Å²) in [4.78, 5) is 18.1. The fourth-order valence-electron chi connectivity index (χ4n) is 1.74. The lowest BCUT2D eigenvalue weighted by Gasteiger charge is -2.15. The van der Waals surface area contributed by atoms with E-state index in [1.165, 1.54) is 11.9 Å². The third-order valence-corrected chi connectivity index (χ3v) is 3.57. The van der Waals surface area contributed by atoms with Crippen LogP contribution in [0, 0.1) is 3.57 Å². The van der Waals surface area contributed by atoms with E-state index in [1.807, 2.05) is 40.8 Å². The number of hydrogen-bond acceptors (Lipinski definition) is 3. The third kappa shape index (κ3) is 3.32. The molecule has 0 bridgehead atoms. The van der Waals surface area contributed by atoms with Crippen molar-refractivity contribution in [2.24, 2.45) is 0 Å². The Bertz CT molecular complexity index is 568. The second-order valence-corrected chi connectivity index (χ2v) is 5.21. The highest BCUT2D eigenvalue weighted by molar-refractivity contribution is 14.1. The van der Waals surface area contributed by atoms with Crippen molar-refractivity contribution in [2.45, 2.75) is 19.4 Å². The maximum Gasteiger partial charge on any atom is 0.266 e. The van der Waals surface area contributed by atoms with Gasteiger partial charge in [0.25, 0.3) is 5.56 Å². The molecular formula is C13H14IN3O. The van der Waals surface area contributed by atoms with Gasteiger partial charge in [-0.2, -0.15) is 0 Å². The van der Waals surface area contributed by atoms with Gasteiger partial charge in [0.2, 0.25) is 0 Å². The summed E-state index contributed by atoms with van der Waals surface area (Å²) >= 11 is 2.00. The molecule has 0 aliphatic rings. The molecule has 5 heteroatoms. The van der Waals surface area contributed by atoms with Gasteiger partial charge < -0.3 is 10.3 Å². The first-order valence-electron chi connectivity index (χ1n) is 5.70. The topological polar surface area (TPSA) is 57.8 Å². The van der Waals surface area contributed by atoms with Gasteiger partial charge in [-0.25, -0.2) is 4.98 Å². The predicted molar refractivity (Wildman–Crippen MR) is 80.8 cm³/mol. The number of benzene rings is 1. The van der Waals surface area contributed by atoms with Gasteiger partial charge in [0.05, 0.1) is 6.33 Å². The number of rotatable bonds is 4. The summed E-state index contributed by atoms with van der Waals surface area (Å²) in [6, 6.07) is 10.5. The molecule has 0 radical (unpaired) electrons. The highest BCUT2D eigenvalue weighted by Crippen LogP contribution is 2.12. The van der Waals surface area contributed by atoms with E-state index in [2.05, 4.69) is 34.3 Å². The lowest BCUT2D eigenvalue weighted by Crippen LogP contribution is -2.22. The molecule has 2 N–H and O–H groups in total. The zero-order chi connectivity index (χ0) is 13.0. The number of nitrogens with zero attached hydrogens (tertiary/aromatic N) is 1. The zero-order valence-electron chi connectivity index (χ0n) is 9.98. The van der Waals surface area contributed by atoms with E-state index in [-0.39, 0.29) is 11.6 Å². The molecule has 2 aromatic rings. The largest absolute Gasteiger partial charge is 0.366 e. The molecule has 0 fully saturated rings. The number of anilines is 1. The molecule has 1 aromatic carbocycles. The Balaban J connectivity index is 2.06. The number of hydrogen-bond donors (Lipinski definition) is 2. The normalized spacial score (nSPS) is 12.1. The SMILES string of the molecule is CC(Cc1ccccc1)Nc1nc[nH]c(=O)c1I. The Labute approximate surface area is 119 Å². The molecule has 2 rings (SSSR count). The summed E-state index contributed by atoms with van der Waals surface area (Å²) < 4.78 is 0.593. The summed E-state index contributed by atoms with van der Waals surface area (Å²) in [5.74, 6) is 0.641. The van der Waals surface area contributed by atoms with Crippen LogP contribution in [0.4, 0.5) is 5.82 Å². The smallest absolute Gasteiger partial charge is 0.266 e. The molecule has 18 heavy (non-hydrogen) atoms. The van der Waals surface area contributed by atoms with Gasteiger partial charge in [0.1, 0.15) is 9.39 Å². The average Bonchev–Trinajstić information content (AvgIpc) is 2.36. The Hall–Kier alpha value is -1.37. The molecule has 0 saturated carbocycles. The van der Waals surface area contributed by atoms with Crippen molar-refractivity contribution in [3.63, 3.8) is 0 Å². The minimum absolute atomic E-state index is 0.111. The van der Waals surface area contributed by atoms with Crippen LogP contribution in [-0.2, 0) is 6.42 Å². The minimum Gasteiger partial charge on any atom is -0.366 e. The Morgan fingerprint density at radius 2 is 2.11 bits per heavy atom. The standard InChI is InChI=1S/C13H14IN3O/c1-9(7-10-5-3-2-4-6-10)17-12-11(14)13(18)16-8-15-12/h2-6,8-9H,7H2,1H3,(H2,15,16,17,18). The number of aromatic amines is 1. The monoisotopic (exact) mass is 355 g/mol. The van der Waals surface area contributed by atoms with Crippen LogP contribution in [-0.4, -0.2) is 16.0 Å². The van der Waals surface area contributed by atoms with Gasteiger partial charge in [-0.15, -0.1) is 0 Å². The highest BCUT2D eigenvalue weighted by Gasteiger charge is 2.09. The van der Waals surface area contributed by atoms with Crippen molar-refractivity contribution in [2.75, 3.05) is 5.32 Å². The maximum absolute atomic E-state index is 11.4. The van der Waals surface area contributed by atoms with Crippen LogP contribution < -0.4 is 10.9 Å². The first-order chi connectivity index (χ1) is 8.66. The van der Waals surface area contributed by atoms with Crippen molar-refractivity contribution in [3.05, 3.63) is 56.1 Å². The van der Waals surface area contributed by atoms with Crippen LogP contribution in [0.1, 0.15) is 12.5 Å². The van der Waals surface area contributed by atoms with Crippen LogP contribution in [0.15, 0.2) is 41.5 Å². The number of nitrogens with one attached hydrogen (secondary N) is 2. The fraction of sp³-hybridized carbons (Fsp3) is 0.231. The van der Waals surface area contributed by atoms with Crippen molar-refractivity contribution in [1.82, 2.24) is 9.97 Å². The molecule has 1 heterocycles. The van der Waals surface area contributed by atoms with E-state index in [9.17, 15) is 4.79 Å². The second kappa shape index (κ2) is 5.99. The van der Waals surface area contributed by atoms with Gasteiger partial charge in [-0.3, -0.25) is 4.79 Å². The van der Waals surface area contributed by atoms with Crippen LogP contribution in [0.3, 0.4) is 0 Å². The van der Waals surface area contributed by atoms with Gasteiger partial charge in [0.15, 0.2) is 0 Å². The summed E-state index contributed by atoms with van der Waals surface area (Å²) in [5.41, 5.74) is 1.15. The third-order valence-electron chi connectivity index (χ3n) is 2.56. The van der Waals surface area contributed by atoms with Crippen molar-refractivity contribution >= 4 is 28.4 Å². The van der Waals surface area contributed by atoms with E-state index in [0.717, 1.165) is 6.42 Å². The zero-order valence-corrected chi connectivity index (χ0v) is 12.1. The van der Waals surface area contributed by atoms with E-state index in [1.54, 1.807) is 0 Å². The van der Waals surface area contributed by atoms with Crippen molar-refractivity contribution in [1.29, 1.82) is 0 Å². The first-order valence-corrected chi connectivity index (χ1v) is 6.78. The molecule has 94 valence electrons. The lowest BCUT2D eigenvalue weighted by atomic mass is 10.1. The van der Waals surface area contributed by atoms with Gasteiger partial charge in [-0.1, -0.05) is 30.3 Å². The van der Waals surface area contributed by atoms with Gasteiger partial charge in [-0.05, 0) is 41.5 Å². The van der Waals surface area contributed by atoms with E-state index < -0.39 is 0 Å². The quantitative estimate of drug-likeness (QED) is 0.829. The Morgan fingerprint density at radius 3 is 2.83 bits per heavy atom. The molecule has 1 unspecified atom stereocenters. The second-order valence-electron chi connectivity index (χ2n) is 4.13. The van der Waals surface area contributed by atoms with E-state index in [4.69, 9.17) is 0 Å². The van der Waals surface area contributed by atoms with E-state index >= 15 is 0 Å². The summed E-state index contributed by atoms with van der Waals surface area (Å²) in [5, 5.41) is 3.26. The Kier molecular flexibility index (Phi) is 4.35. The minimum atomic E-state index is -0.111. The van der Waals surface area contributed by atoms with Crippen LogP contribution in [0.25, 0.3) is 0 Å². The maximum atomic E-state index is 11.4. The molecule has 0 spiro atoms. The Morgan fingerprint density at radius 1 is 1.39 bits per heavy atom. The van der Waals surface area contributed by atoms with Crippen LogP contribution in [0.2, 0.25) is 0 Å². The molecule has 4 nitrogen and oxygen atoms in total. The van der Waals surface area contributed by atoms with Gasteiger partial charge >= 0.3 is 0 Å². The highest BCUT2D eigenvalue weighted by atomic mass is 127. The average molecular weight is 355 g/mol. The summed E-state index contributed by atoms with van der Waals surface area (Å²) in [6.07, 6.45) is 2.31. The lowest BCUT2D eigenvalue weighted by molar-refractivity contribution is 0.781. The van der Waals surface area contributed by atoms with Gasteiger partial charge in [0, 0.05) is 6.04 Å². The van der Waals surface area contributed by atoms with Crippen LogP contribution >= 0.6 is 22.6 Å². The van der Waals surface area contributed by atoms with Crippen molar-refractivity contribution in [3.8, 4) is 0 Å². The van der Waals surface area contributed by atoms with Crippen LogP contribution in [0.5, 0.6) is 0 Å². The van der Waals surface area contributed by atoms with E-state index in [0.29, 0.717) is 9.39 Å². The molecule has 0 amide bonds. The molecule has 0 aliphatic carbocycles. The number of halogens is 1. The summed E-state index contributed by atoms with van der Waals surface area (Å²) in [6.45, 7) is 2.08. The fourth-order valence-corrected chi connectivity index (χ4v) is 2.19. The first kappa shape index (κ1) is 13.1. The predicted octanol–water partition coefficient (Wildman–Crippen LogP) is 2.42. The molecule has 0 aliphatic heterocycles. The van der Waals surface area contributed by atoms with Crippen molar-refractivity contribution < 1.29 is 0 Å². The molecule has 0 saturated heterocycles.